The molecule has 20 heteroatoms. The summed E-state index contributed by atoms with van der Waals surface area (Å²) in [6, 6.07) is 67.6. The molecule has 87 heavy (non-hydrogen) atoms. The van der Waals surface area contributed by atoms with E-state index in [1.807, 2.05) is 173 Å². The van der Waals surface area contributed by atoms with Crippen molar-refractivity contribution in [2.75, 3.05) is 0 Å². The predicted octanol–water partition coefficient (Wildman–Crippen LogP) is 15.5. The van der Waals surface area contributed by atoms with Crippen LogP contribution in [0.5, 0.6) is 0 Å². The van der Waals surface area contributed by atoms with Gasteiger partial charge in [-0.25, -0.2) is 9.36 Å². The minimum atomic E-state index is -0.926. The van der Waals surface area contributed by atoms with Crippen molar-refractivity contribution in [2.24, 2.45) is 14.1 Å². The van der Waals surface area contributed by atoms with Gasteiger partial charge in [-0.2, -0.15) is 20.4 Å². The number of halogens is 3. The lowest BCUT2D eigenvalue weighted by Gasteiger charge is -2.37. The summed E-state index contributed by atoms with van der Waals surface area (Å²) >= 11 is 8.99. The molecule has 0 atom stereocenters. The maximum atomic E-state index is 12.0. The van der Waals surface area contributed by atoms with Gasteiger partial charge in [-0.15, -0.1) is 0 Å². The first-order chi connectivity index (χ1) is 41.3. The molecule has 0 aliphatic carbocycles. The van der Waals surface area contributed by atoms with Gasteiger partial charge in [-0.1, -0.05) is 189 Å². The molecule has 16 nitrogen and oxygen atoms in total. The van der Waals surface area contributed by atoms with Gasteiger partial charge in [0.1, 0.15) is 20.5 Å². The van der Waals surface area contributed by atoms with Crippen LogP contribution < -0.4 is 5.46 Å². The lowest BCUT2D eigenvalue weighted by molar-refractivity contribution is -0.385. The number of fused-ring (bicyclic) bond motifs is 2. The Labute approximate surface area is 534 Å². The van der Waals surface area contributed by atoms with Crippen molar-refractivity contribution >= 4 is 100 Å². The van der Waals surface area contributed by atoms with E-state index < -0.39 is 11.1 Å². The van der Waals surface area contributed by atoms with E-state index in [2.05, 4.69) is 137 Å². The van der Waals surface area contributed by atoms with E-state index in [0.717, 1.165) is 58.9 Å². The number of aromatic nitrogens is 8. The minimum absolute atomic E-state index is 0. The van der Waals surface area contributed by atoms with Gasteiger partial charge in [0.05, 0.1) is 47.2 Å². The van der Waals surface area contributed by atoms with Gasteiger partial charge in [0.15, 0.2) is 0 Å². The summed E-state index contributed by atoms with van der Waals surface area (Å²) in [5.41, 5.74) is 7.39. The van der Waals surface area contributed by atoms with Crippen molar-refractivity contribution in [1.29, 1.82) is 0 Å². The van der Waals surface area contributed by atoms with Crippen LogP contribution in [0.1, 0.15) is 68.5 Å². The molecule has 13 rings (SSSR count). The first-order valence-corrected chi connectivity index (χ1v) is 30.1. The highest BCUT2D eigenvalue weighted by atomic mass is 127. The zero-order chi connectivity index (χ0) is 60.5. The second kappa shape index (κ2) is 25.1. The van der Waals surface area contributed by atoms with Crippen LogP contribution in [0.25, 0.3) is 33.1 Å². The second-order valence-electron chi connectivity index (χ2n) is 21.7. The molecule has 438 valence electrons. The fraction of sp³-hybridized carbons (Fsp3) is 0.164. The lowest BCUT2D eigenvalue weighted by Crippen LogP contribution is -2.41. The summed E-state index contributed by atoms with van der Waals surface area (Å²) in [5.74, 6) is 0. The summed E-state index contributed by atoms with van der Waals surface area (Å²) in [4.78, 5) is 23.1. The number of rotatable bonds is 12. The average Bonchev–Trinajstić information content (AvgIpc) is 1.70. The van der Waals surface area contributed by atoms with Gasteiger partial charge >= 0.3 is 7.12 Å². The van der Waals surface area contributed by atoms with E-state index in [0.29, 0.717) is 25.7 Å². The Morgan fingerprint density at radius 2 is 0.839 bits per heavy atom. The van der Waals surface area contributed by atoms with E-state index in [9.17, 15) is 20.2 Å². The van der Waals surface area contributed by atoms with E-state index in [1.54, 1.807) is 46.0 Å². The SMILES string of the molecule is C.Cn1cc(-c2nn(C(c3ccccc3)(c3ccccc3)c3ccccc3)c3cc([N+](=O)[O-])c(Br)cc23)cn1.Cn1cc(B2OC(C)(C)C(C)(C)O2)cn1.O=[N+]([O-])c1cc2c(cc1Br)c(I)nn2C(c1ccccc1)(c1ccccc1)c1ccccc1. The Morgan fingerprint density at radius 1 is 0.506 bits per heavy atom. The Hall–Kier alpha value is -8.41. The van der Waals surface area contributed by atoms with E-state index >= 15 is 0 Å². The predicted molar refractivity (Wildman–Crippen MR) is 358 cm³/mol. The Balaban J connectivity index is 0.000000156. The number of nitro groups is 2. The van der Waals surface area contributed by atoms with Crippen molar-refractivity contribution in [2.45, 2.75) is 57.4 Å². The summed E-state index contributed by atoms with van der Waals surface area (Å²) in [5, 5.41) is 44.2. The summed E-state index contributed by atoms with van der Waals surface area (Å²) < 4.78 is 20.7. The zero-order valence-corrected chi connectivity index (χ0v) is 52.9. The normalized spacial score (nSPS) is 13.5. The molecular weight excluding hydrogens is 1340 g/mol. The maximum Gasteiger partial charge on any atom is 0.498 e. The van der Waals surface area contributed by atoms with Gasteiger partial charge in [0.25, 0.3) is 11.4 Å². The molecule has 0 radical (unpaired) electrons. The Bertz CT molecular complexity index is 4190. The van der Waals surface area contributed by atoms with Crippen LogP contribution >= 0.6 is 54.5 Å². The number of hydrogen-bond donors (Lipinski definition) is 0. The van der Waals surface area contributed by atoms with Crippen LogP contribution in [0.3, 0.4) is 0 Å². The van der Waals surface area contributed by atoms with Crippen molar-refractivity contribution in [3.8, 4) is 11.3 Å². The number of nitro benzene ring substituents is 2. The van der Waals surface area contributed by atoms with E-state index in [-0.39, 0.29) is 47.0 Å². The standard InChI is InChI=1S/C30H22BrN5O2.C26H17BrIN3O2.C10H17BN2O2.CH4/c1-34-20-21(19-32-34)29-25-17-26(31)28(36(37)38)18-27(25)35(33-29)30(22-11-5-2-6-12-22,23-13-7-3-8-14-23)24-15-9-4-10-16-24;27-22-16-21-23(17-24(22)31(32)33)30(29-25(21)28)26(18-10-4-1-5-11-18,19-12-6-2-7-13-19)20-14-8-3-9-15-20;1-9(2)10(3,4)15-11(14-9)8-6-12-13(5)7-8;/h2-20H,1H3;1-17H;6-7H,1-5H3;1H4. The molecule has 0 saturated carbocycles. The molecule has 1 fully saturated rings. The second-order valence-corrected chi connectivity index (χ2v) is 24.4. The Kier molecular flexibility index (Phi) is 17.8. The van der Waals surface area contributed by atoms with Crippen LogP contribution in [0.4, 0.5) is 11.4 Å². The Morgan fingerprint density at radius 3 is 1.17 bits per heavy atom. The first-order valence-electron chi connectivity index (χ1n) is 27.4. The van der Waals surface area contributed by atoms with Gasteiger partial charge in [0.2, 0.25) is 0 Å². The highest BCUT2D eigenvalue weighted by molar-refractivity contribution is 14.1. The largest absolute Gasteiger partial charge is 0.498 e. The molecule has 5 heterocycles. The lowest BCUT2D eigenvalue weighted by atomic mass is 9.77. The number of nitrogens with zero attached hydrogens (tertiary/aromatic N) is 10. The van der Waals surface area contributed by atoms with Crippen molar-refractivity contribution < 1.29 is 19.2 Å². The van der Waals surface area contributed by atoms with Gasteiger partial charge in [-0.05, 0) is 128 Å². The van der Waals surface area contributed by atoms with Crippen molar-refractivity contribution in [1.82, 2.24) is 39.1 Å². The molecular formula is C67H60BBr2IN10O6. The molecule has 1 aliphatic heterocycles. The molecule has 0 N–H and O–H groups in total. The topological polar surface area (TPSA) is 176 Å². The number of aryl methyl sites for hydroxylation is 2. The molecule has 0 amide bonds. The quantitative estimate of drug-likeness (QED) is 0.0376. The average molecular weight is 1400 g/mol. The molecule has 8 aromatic carbocycles. The van der Waals surface area contributed by atoms with Gasteiger partial charge in [-0.3, -0.25) is 29.6 Å². The zero-order valence-electron chi connectivity index (χ0n) is 47.6. The molecule has 12 aromatic rings. The third-order valence-electron chi connectivity index (χ3n) is 15.9. The third-order valence-corrected chi connectivity index (χ3v) is 17.9. The van der Waals surface area contributed by atoms with Crippen LogP contribution in [0.2, 0.25) is 0 Å². The third kappa shape index (κ3) is 11.5. The van der Waals surface area contributed by atoms with Gasteiger partial charge < -0.3 is 9.31 Å². The minimum Gasteiger partial charge on any atom is -0.399 e. The molecule has 4 aromatic heterocycles. The van der Waals surface area contributed by atoms with Crippen LogP contribution in [-0.2, 0) is 34.5 Å². The van der Waals surface area contributed by atoms with Crippen LogP contribution in [0, 0.1) is 23.9 Å². The molecule has 1 saturated heterocycles. The molecule has 0 spiro atoms. The highest BCUT2D eigenvalue weighted by Crippen LogP contribution is 2.47. The maximum absolute atomic E-state index is 12.0. The highest BCUT2D eigenvalue weighted by Gasteiger charge is 2.52. The molecule has 1 aliphatic rings. The van der Waals surface area contributed by atoms with E-state index in [4.69, 9.17) is 19.5 Å². The molecule has 0 unspecified atom stereocenters. The van der Waals surface area contributed by atoms with E-state index in [1.165, 1.54) is 0 Å². The number of hydrogen-bond acceptors (Lipinski definition) is 10. The summed E-state index contributed by atoms with van der Waals surface area (Å²) in [7, 11) is 3.43. The van der Waals surface area contributed by atoms with Crippen LogP contribution in [0.15, 0.2) is 240 Å². The first kappa shape index (κ1) is 61.7. The number of benzene rings is 8. The van der Waals surface area contributed by atoms with Gasteiger partial charge in [0, 0.05) is 66.6 Å². The smallest absolute Gasteiger partial charge is 0.399 e. The fourth-order valence-electron chi connectivity index (χ4n) is 11.1. The fourth-order valence-corrected chi connectivity index (χ4v) is 12.7. The van der Waals surface area contributed by atoms with Crippen molar-refractivity contribution in [3.05, 3.63) is 297 Å². The monoisotopic (exact) mass is 1400 g/mol. The summed E-state index contributed by atoms with van der Waals surface area (Å²) in [6.07, 6.45) is 7.36. The summed E-state index contributed by atoms with van der Waals surface area (Å²) in [6.45, 7) is 8.18. The van der Waals surface area contributed by atoms with Crippen molar-refractivity contribution in [3.63, 3.8) is 0 Å². The van der Waals surface area contributed by atoms with Crippen LogP contribution in [-0.4, -0.2) is 67.3 Å². The molecule has 0 bridgehead atoms.